The number of hydrogen-bond acceptors (Lipinski definition) is 5. The van der Waals surface area contributed by atoms with Crippen LogP contribution in [0, 0.1) is 6.92 Å². The van der Waals surface area contributed by atoms with E-state index in [1.54, 1.807) is 42.7 Å². The van der Waals surface area contributed by atoms with E-state index in [9.17, 15) is 14.7 Å². The van der Waals surface area contributed by atoms with Crippen LogP contribution in [0.15, 0.2) is 90.8 Å². The van der Waals surface area contributed by atoms with Gasteiger partial charge in [-0.25, -0.2) is 0 Å². The normalized spacial score (nSPS) is 17.2. The summed E-state index contributed by atoms with van der Waals surface area (Å²) in [6.45, 7) is 5.76. The number of carbonyl (C=O) groups excluding carboxylic acids is 2. The molecular weight excluding hydrogens is 452 g/mol. The maximum Gasteiger partial charge on any atom is 0.300 e. The van der Waals surface area contributed by atoms with Crippen LogP contribution in [0.4, 0.5) is 5.69 Å². The van der Waals surface area contributed by atoms with Crippen molar-refractivity contribution >= 4 is 33.9 Å². The van der Waals surface area contributed by atoms with Gasteiger partial charge in [0.15, 0.2) is 0 Å². The molecule has 6 heteroatoms. The summed E-state index contributed by atoms with van der Waals surface area (Å²) >= 11 is 0. The van der Waals surface area contributed by atoms with Crippen LogP contribution in [-0.2, 0) is 9.59 Å². The Morgan fingerprint density at radius 2 is 1.78 bits per heavy atom. The number of aromatic nitrogens is 1. The lowest BCUT2D eigenvalue weighted by Crippen LogP contribution is -2.29. The summed E-state index contributed by atoms with van der Waals surface area (Å²) in [5.74, 6) is -0.974. The van der Waals surface area contributed by atoms with Crippen LogP contribution < -0.4 is 9.64 Å². The predicted octanol–water partition coefficient (Wildman–Crippen LogP) is 5.96. The van der Waals surface area contributed by atoms with Gasteiger partial charge in [-0.3, -0.25) is 19.5 Å². The number of anilines is 1. The molecule has 5 rings (SSSR count). The molecule has 0 aliphatic carbocycles. The molecule has 36 heavy (non-hydrogen) atoms. The van der Waals surface area contributed by atoms with E-state index in [-0.39, 0.29) is 17.4 Å². The molecule has 0 radical (unpaired) electrons. The lowest BCUT2D eigenvalue weighted by molar-refractivity contribution is -0.132. The summed E-state index contributed by atoms with van der Waals surface area (Å²) in [6.07, 6.45) is 3.25. The quantitative estimate of drug-likeness (QED) is 0.218. The monoisotopic (exact) mass is 478 g/mol. The second-order valence-electron chi connectivity index (χ2n) is 9.10. The standard InChI is InChI=1S/C30H26N2O4/c1-18(2)36-25-14-13-21(16-19(25)3)28(33)26-27(22-10-7-15-31-17-22)32(30(35)29(26)34)24-12-6-9-20-8-4-5-11-23(20)24/h4-18,27,33H,1-3H3/b28-26+. The van der Waals surface area contributed by atoms with Crippen molar-refractivity contribution in [1.29, 1.82) is 0 Å². The summed E-state index contributed by atoms with van der Waals surface area (Å²) in [5.41, 5.74) is 2.50. The number of aliphatic hydroxyl groups excluding tert-OH is 1. The summed E-state index contributed by atoms with van der Waals surface area (Å²) in [4.78, 5) is 32.7. The summed E-state index contributed by atoms with van der Waals surface area (Å²) in [5, 5.41) is 13.2. The zero-order chi connectivity index (χ0) is 25.4. The first kappa shape index (κ1) is 23.3. The van der Waals surface area contributed by atoms with E-state index in [1.807, 2.05) is 63.2 Å². The van der Waals surface area contributed by atoms with E-state index < -0.39 is 17.7 Å². The molecule has 0 spiro atoms. The largest absolute Gasteiger partial charge is 0.507 e. The maximum atomic E-state index is 13.5. The van der Waals surface area contributed by atoms with Crippen LogP contribution in [0.3, 0.4) is 0 Å². The fourth-order valence-corrected chi connectivity index (χ4v) is 4.69. The topological polar surface area (TPSA) is 79.7 Å². The van der Waals surface area contributed by atoms with Gasteiger partial charge in [0.1, 0.15) is 11.5 Å². The van der Waals surface area contributed by atoms with Gasteiger partial charge in [-0.15, -0.1) is 0 Å². The molecule has 1 fully saturated rings. The van der Waals surface area contributed by atoms with Crippen molar-refractivity contribution in [3.05, 3.63) is 107 Å². The van der Waals surface area contributed by atoms with Crippen molar-refractivity contribution in [2.45, 2.75) is 32.9 Å². The van der Waals surface area contributed by atoms with E-state index in [0.29, 0.717) is 22.6 Å². The minimum Gasteiger partial charge on any atom is -0.507 e. The molecule has 1 aromatic heterocycles. The number of aryl methyl sites for hydroxylation is 1. The first-order valence-corrected chi connectivity index (χ1v) is 11.8. The first-order valence-electron chi connectivity index (χ1n) is 11.8. The molecule has 1 saturated heterocycles. The Bertz CT molecular complexity index is 1500. The number of carbonyl (C=O) groups is 2. The Hall–Kier alpha value is -4.45. The van der Waals surface area contributed by atoms with Gasteiger partial charge in [0.2, 0.25) is 0 Å². The fraction of sp³-hybridized carbons (Fsp3) is 0.167. The molecule has 1 aliphatic rings. The van der Waals surface area contributed by atoms with Gasteiger partial charge in [-0.2, -0.15) is 0 Å². The lowest BCUT2D eigenvalue weighted by atomic mass is 9.95. The number of fused-ring (bicyclic) bond motifs is 1. The zero-order valence-corrected chi connectivity index (χ0v) is 20.3. The number of hydrogen-bond donors (Lipinski definition) is 1. The number of nitrogens with zero attached hydrogens (tertiary/aromatic N) is 2. The van der Waals surface area contributed by atoms with Crippen LogP contribution in [0.25, 0.3) is 16.5 Å². The average molecular weight is 479 g/mol. The minimum atomic E-state index is -0.837. The number of Topliss-reactive ketones (excluding diaryl/α,β-unsaturated/α-hetero) is 1. The smallest absolute Gasteiger partial charge is 0.300 e. The Labute approximate surface area is 209 Å². The number of ether oxygens (including phenoxy) is 1. The molecule has 1 amide bonds. The van der Waals surface area contributed by atoms with E-state index in [0.717, 1.165) is 16.3 Å². The first-order chi connectivity index (χ1) is 17.4. The zero-order valence-electron chi connectivity index (χ0n) is 20.3. The highest BCUT2D eigenvalue weighted by molar-refractivity contribution is 6.52. The number of aliphatic hydroxyl groups is 1. The molecule has 1 unspecified atom stereocenters. The van der Waals surface area contributed by atoms with Crippen LogP contribution >= 0.6 is 0 Å². The summed E-state index contributed by atoms with van der Waals surface area (Å²) in [7, 11) is 0. The summed E-state index contributed by atoms with van der Waals surface area (Å²) in [6, 6.07) is 21.3. The van der Waals surface area contributed by atoms with Crippen molar-refractivity contribution < 1.29 is 19.4 Å². The average Bonchev–Trinajstić information content (AvgIpc) is 3.15. The van der Waals surface area contributed by atoms with Crippen LogP contribution in [-0.4, -0.2) is 27.9 Å². The molecule has 1 atom stereocenters. The van der Waals surface area contributed by atoms with Crippen molar-refractivity contribution in [3.63, 3.8) is 0 Å². The second-order valence-corrected chi connectivity index (χ2v) is 9.10. The Morgan fingerprint density at radius 1 is 1.00 bits per heavy atom. The van der Waals surface area contributed by atoms with Crippen LogP contribution in [0.1, 0.15) is 36.6 Å². The maximum absolute atomic E-state index is 13.5. The Morgan fingerprint density at radius 3 is 2.50 bits per heavy atom. The SMILES string of the molecule is Cc1cc(/C(O)=C2\C(=O)C(=O)N(c3cccc4ccccc34)C2c2cccnc2)ccc1OC(C)C. The third-order valence-electron chi connectivity index (χ3n) is 6.28. The van der Waals surface area contributed by atoms with Crippen LogP contribution in [0.5, 0.6) is 5.75 Å². The van der Waals surface area contributed by atoms with E-state index in [4.69, 9.17) is 4.74 Å². The fourth-order valence-electron chi connectivity index (χ4n) is 4.69. The van der Waals surface area contributed by atoms with Gasteiger partial charge >= 0.3 is 0 Å². The number of amides is 1. The van der Waals surface area contributed by atoms with E-state index in [1.165, 1.54) is 4.90 Å². The molecule has 0 saturated carbocycles. The molecule has 1 aliphatic heterocycles. The molecular formula is C30H26N2O4. The van der Waals surface area contributed by atoms with Gasteiger partial charge < -0.3 is 9.84 Å². The van der Waals surface area contributed by atoms with E-state index in [2.05, 4.69) is 4.98 Å². The molecule has 6 nitrogen and oxygen atoms in total. The lowest BCUT2D eigenvalue weighted by Gasteiger charge is -2.26. The number of rotatable bonds is 5. The van der Waals surface area contributed by atoms with Crippen molar-refractivity contribution in [1.82, 2.24) is 4.98 Å². The third kappa shape index (κ3) is 4.01. The molecule has 0 bridgehead atoms. The molecule has 1 N–H and O–H groups in total. The highest BCUT2D eigenvalue weighted by Gasteiger charge is 2.47. The molecule has 4 aromatic rings. The van der Waals surface area contributed by atoms with Crippen molar-refractivity contribution in [3.8, 4) is 5.75 Å². The minimum absolute atomic E-state index is 0.000234. The summed E-state index contributed by atoms with van der Waals surface area (Å²) < 4.78 is 5.81. The van der Waals surface area contributed by atoms with Gasteiger partial charge in [0, 0.05) is 23.3 Å². The predicted molar refractivity (Wildman–Crippen MR) is 140 cm³/mol. The number of ketones is 1. The second kappa shape index (κ2) is 9.30. The van der Waals surface area contributed by atoms with Crippen LogP contribution in [0.2, 0.25) is 0 Å². The third-order valence-corrected chi connectivity index (χ3v) is 6.28. The van der Waals surface area contributed by atoms with Gasteiger partial charge in [0.25, 0.3) is 11.7 Å². The highest BCUT2D eigenvalue weighted by Crippen LogP contribution is 2.44. The van der Waals surface area contributed by atoms with Gasteiger partial charge in [0.05, 0.1) is 23.4 Å². The molecule has 2 heterocycles. The molecule has 3 aromatic carbocycles. The van der Waals surface area contributed by atoms with E-state index >= 15 is 0 Å². The number of pyridine rings is 1. The highest BCUT2D eigenvalue weighted by atomic mass is 16.5. The number of benzene rings is 3. The van der Waals surface area contributed by atoms with Gasteiger partial charge in [-0.1, -0.05) is 42.5 Å². The molecule has 180 valence electrons. The Kier molecular flexibility index (Phi) is 6.02. The van der Waals surface area contributed by atoms with Crippen molar-refractivity contribution in [2.24, 2.45) is 0 Å². The Balaban J connectivity index is 1.71. The van der Waals surface area contributed by atoms with Gasteiger partial charge in [-0.05, 0) is 67.6 Å². The van der Waals surface area contributed by atoms with Crippen molar-refractivity contribution in [2.75, 3.05) is 4.90 Å².